The lowest BCUT2D eigenvalue weighted by Crippen LogP contribution is -2.42. The number of nitrogens with zero attached hydrogens (tertiary/aromatic N) is 2. The number of likely N-dealkylation sites (N-methyl/N-ethyl adjacent to an activating group) is 1. The summed E-state index contributed by atoms with van der Waals surface area (Å²) < 4.78 is 0. The van der Waals surface area contributed by atoms with Gasteiger partial charge in [0.15, 0.2) is 5.96 Å². The van der Waals surface area contributed by atoms with E-state index in [2.05, 4.69) is 38.0 Å². The molecule has 0 saturated carbocycles. The number of amides is 1. The quantitative estimate of drug-likeness (QED) is 0.380. The lowest BCUT2D eigenvalue weighted by atomic mass is 9.93. The van der Waals surface area contributed by atoms with E-state index >= 15 is 0 Å². The number of hydrogen-bond donors (Lipinski definition) is 2. The molecule has 0 aliphatic heterocycles. The molecule has 0 atom stereocenters. The molecule has 0 aromatic carbocycles. The van der Waals surface area contributed by atoms with Crippen molar-refractivity contribution in [1.82, 2.24) is 15.5 Å². The number of hydrogen-bond acceptors (Lipinski definition) is 3. The van der Waals surface area contributed by atoms with E-state index in [1.54, 1.807) is 18.4 Å². The van der Waals surface area contributed by atoms with Crippen molar-refractivity contribution >= 4 is 47.2 Å². The minimum absolute atomic E-state index is 0. The SMILES string of the molecule is CCNC(=NCC(C)(C)C(=O)NC)N(C)CCc1cccs1.I. The summed E-state index contributed by atoms with van der Waals surface area (Å²) in [6.45, 7) is 8.02. The minimum atomic E-state index is -0.510. The molecule has 2 N–H and O–H groups in total. The van der Waals surface area contributed by atoms with Gasteiger partial charge in [0.2, 0.25) is 5.91 Å². The van der Waals surface area contributed by atoms with Crippen molar-refractivity contribution in [3.63, 3.8) is 0 Å². The molecule has 1 amide bonds. The molecular weight excluding hydrogens is 423 g/mol. The van der Waals surface area contributed by atoms with E-state index in [0.29, 0.717) is 6.54 Å². The van der Waals surface area contributed by atoms with Crippen LogP contribution in [-0.4, -0.2) is 50.5 Å². The molecule has 23 heavy (non-hydrogen) atoms. The maximum atomic E-state index is 11.8. The summed E-state index contributed by atoms with van der Waals surface area (Å²) >= 11 is 1.77. The first-order valence-corrected chi connectivity index (χ1v) is 8.52. The van der Waals surface area contributed by atoms with Crippen molar-refractivity contribution in [2.24, 2.45) is 10.4 Å². The fourth-order valence-electron chi connectivity index (χ4n) is 1.99. The van der Waals surface area contributed by atoms with Crippen molar-refractivity contribution in [3.8, 4) is 0 Å². The van der Waals surface area contributed by atoms with Gasteiger partial charge in [-0.05, 0) is 38.6 Å². The molecule has 132 valence electrons. The second-order valence-corrected chi connectivity index (χ2v) is 6.92. The molecule has 0 radical (unpaired) electrons. The molecule has 0 unspecified atom stereocenters. The molecule has 5 nitrogen and oxygen atoms in total. The van der Waals surface area contributed by atoms with Gasteiger partial charge in [0.05, 0.1) is 12.0 Å². The second kappa shape index (κ2) is 10.9. The Morgan fingerprint density at radius 2 is 2.13 bits per heavy atom. The van der Waals surface area contributed by atoms with E-state index in [-0.39, 0.29) is 29.9 Å². The second-order valence-electron chi connectivity index (χ2n) is 5.88. The molecule has 0 fully saturated rings. The molecule has 1 aromatic rings. The van der Waals surface area contributed by atoms with Crippen molar-refractivity contribution in [3.05, 3.63) is 22.4 Å². The predicted molar refractivity (Wildman–Crippen MR) is 110 cm³/mol. The summed E-state index contributed by atoms with van der Waals surface area (Å²) in [6.07, 6.45) is 0.997. The zero-order valence-corrected chi connectivity index (χ0v) is 17.8. The third-order valence-corrected chi connectivity index (χ3v) is 4.37. The molecule has 0 spiro atoms. The molecule has 1 heterocycles. The first-order valence-electron chi connectivity index (χ1n) is 7.64. The Labute approximate surface area is 161 Å². The van der Waals surface area contributed by atoms with E-state index in [1.807, 2.05) is 27.8 Å². The largest absolute Gasteiger partial charge is 0.359 e. The van der Waals surface area contributed by atoms with Crippen molar-refractivity contribution in [2.75, 3.05) is 33.7 Å². The first-order chi connectivity index (χ1) is 10.4. The molecule has 0 aliphatic rings. The van der Waals surface area contributed by atoms with E-state index in [9.17, 15) is 4.79 Å². The smallest absolute Gasteiger partial charge is 0.227 e. The molecule has 1 aromatic heterocycles. The predicted octanol–water partition coefficient (Wildman–Crippen LogP) is 2.58. The van der Waals surface area contributed by atoms with Gasteiger partial charge in [-0.25, -0.2) is 0 Å². The topological polar surface area (TPSA) is 56.7 Å². The third kappa shape index (κ3) is 7.52. The van der Waals surface area contributed by atoms with Gasteiger partial charge in [0.1, 0.15) is 0 Å². The van der Waals surface area contributed by atoms with Crippen molar-refractivity contribution in [2.45, 2.75) is 27.2 Å². The third-order valence-electron chi connectivity index (χ3n) is 3.44. The fourth-order valence-corrected chi connectivity index (χ4v) is 2.69. The summed E-state index contributed by atoms with van der Waals surface area (Å²) in [6, 6.07) is 4.22. The zero-order chi connectivity index (χ0) is 16.6. The molecule has 7 heteroatoms. The molecule has 0 aliphatic carbocycles. The van der Waals surface area contributed by atoms with Crippen LogP contribution in [0.4, 0.5) is 0 Å². The molecular formula is C16H29IN4OS. The van der Waals surface area contributed by atoms with Gasteiger partial charge >= 0.3 is 0 Å². The van der Waals surface area contributed by atoms with E-state index in [1.165, 1.54) is 4.88 Å². The van der Waals surface area contributed by atoms with Gasteiger partial charge in [0, 0.05) is 32.1 Å². The van der Waals surface area contributed by atoms with Crippen LogP contribution in [0, 0.1) is 5.41 Å². The average molecular weight is 452 g/mol. The van der Waals surface area contributed by atoms with Crippen LogP contribution in [0.5, 0.6) is 0 Å². The van der Waals surface area contributed by atoms with Gasteiger partial charge in [-0.15, -0.1) is 35.3 Å². The lowest BCUT2D eigenvalue weighted by molar-refractivity contribution is -0.128. The van der Waals surface area contributed by atoms with E-state index < -0.39 is 5.41 Å². The maximum absolute atomic E-state index is 11.8. The number of aliphatic imine (C=N–C) groups is 1. The minimum Gasteiger partial charge on any atom is -0.359 e. The summed E-state index contributed by atoms with van der Waals surface area (Å²) in [7, 11) is 3.69. The molecule has 1 rings (SSSR count). The Kier molecular flexibility index (Phi) is 10.5. The average Bonchev–Trinajstić information content (AvgIpc) is 3.01. The van der Waals surface area contributed by atoms with E-state index in [0.717, 1.165) is 25.5 Å². The summed E-state index contributed by atoms with van der Waals surface area (Å²) in [4.78, 5) is 20.0. The summed E-state index contributed by atoms with van der Waals surface area (Å²) in [5.74, 6) is 0.851. The maximum Gasteiger partial charge on any atom is 0.227 e. The Hall–Kier alpha value is -0.830. The van der Waals surface area contributed by atoms with Gasteiger partial charge in [-0.1, -0.05) is 6.07 Å². The molecule has 0 saturated heterocycles. The summed E-state index contributed by atoms with van der Waals surface area (Å²) in [5, 5.41) is 8.08. The number of halogens is 1. The van der Waals surface area contributed by atoms with Crippen LogP contribution < -0.4 is 10.6 Å². The van der Waals surface area contributed by atoms with Crippen molar-refractivity contribution in [1.29, 1.82) is 0 Å². The van der Waals surface area contributed by atoms with Crippen LogP contribution in [0.1, 0.15) is 25.6 Å². The van der Waals surface area contributed by atoms with Gasteiger partial charge in [-0.2, -0.15) is 0 Å². The normalized spacial score (nSPS) is 11.6. The standard InChI is InChI=1S/C16H28N4OS.HI/c1-6-18-15(19-12-16(2,3)14(21)17-4)20(5)10-9-13-8-7-11-22-13;/h7-8,11H,6,9-10,12H2,1-5H3,(H,17,21)(H,18,19);1H. The van der Waals surface area contributed by atoms with E-state index in [4.69, 9.17) is 0 Å². The van der Waals surface area contributed by atoms with Crippen LogP contribution in [-0.2, 0) is 11.2 Å². The Bertz CT molecular complexity index is 488. The van der Waals surface area contributed by atoms with Crippen LogP contribution in [0.3, 0.4) is 0 Å². The Morgan fingerprint density at radius 3 is 2.65 bits per heavy atom. The highest BCUT2D eigenvalue weighted by Crippen LogP contribution is 2.15. The van der Waals surface area contributed by atoms with Crippen molar-refractivity contribution < 1.29 is 4.79 Å². The number of thiophene rings is 1. The highest BCUT2D eigenvalue weighted by Gasteiger charge is 2.26. The highest BCUT2D eigenvalue weighted by atomic mass is 127. The fraction of sp³-hybridized carbons (Fsp3) is 0.625. The lowest BCUT2D eigenvalue weighted by Gasteiger charge is -2.25. The number of rotatable bonds is 7. The monoisotopic (exact) mass is 452 g/mol. The number of nitrogens with one attached hydrogen (secondary N) is 2. The number of carbonyl (C=O) groups is 1. The van der Waals surface area contributed by atoms with Crippen LogP contribution in [0.15, 0.2) is 22.5 Å². The first kappa shape index (κ1) is 22.2. The Balaban J connectivity index is 0.00000484. The Morgan fingerprint density at radius 1 is 1.43 bits per heavy atom. The van der Waals surface area contributed by atoms with Crippen LogP contribution in [0.2, 0.25) is 0 Å². The number of carbonyl (C=O) groups excluding carboxylic acids is 1. The van der Waals surface area contributed by atoms with Gasteiger partial charge in [0.25, 0.3) is 0 Å². The molecule has 0 bridgehead atoms. The van der Waals surface area contributed by atoms with Crippen LogP contribution >= 0.6 is 35.3 Å². The van der Waals surface area contributed by atoms with Gasteiger partial charge in [-0.3, -0.25) is 9.79 Å². The zero-order valence-electron chi connectivity index (χ0n) is 14.7. The van der Waals surface area contributed by atoms with Crippen LogP contribution in [0.25, 0.3) is 0 Å². The number of guanidine groups is 1. The summed E-state index contributed by atoms with van der Waals surface area (Å²) in [5.41, 5.74) is -0.510. The van der Waals surface area contributed by atoms with Gasteiger partial charge < -0.3 is 15.5 Å². The highest BCUT2D eigenvalue weighted by molar-refractivity contribution is 14.0.